The first kappa shape index (κ1) is 15.5. The number of anilines is 2. The zero-order valence-corrected chi connectivity index (χ0v) is 13.3. The molecule has 4 rings (SSSR count). The van der Waals surface area contributed by atoms with Gasteiger partial charge in [0.05, 0.1) is 11.9 Å². The molecule has 1 aromatic carbocycles. The van der Waals surface area contributed by atoms with Gasteiger partial charge in [-0.3, -0.25) is 15.4 Å². The molecule has 0 saturated heterocycles. The van der Waals surface area contributed by atoms with Crippen molar-refractivity contribution in [2.75, 3.05) is 10.6 Å². The topological polar surface area (TPSA) is 129 Å². The van der Waals surface area contributed by atoms with E-state index in [1.807, 2.05) is 6.07 Å². The van der Waals surface area contributed by atoms with Crippen LogP contribution >= 0.6 is 0 Å². The molecule has 9 nitrogen and oxygen atoms in total. The zero-order valence-electron chi connectivity index (χ0n) is 13.3. The number of carbonyl (C=O) groups is 1. The van der Waals surface area contributed by atoms with Crippen LogP contribution in [0, 0.1) is 0 Å². The molecule has 0 bridgehead atoms. The van der Waals surface area contributed by atoms with Gasteiger partial charge in [0.1, 0.15) is 5.75 Å². The van der Waals surface area contributed by atoms with Crippen molar-refractivity contribution >= 4 is 28.7 Å². The molecular formula is C17H13N7O2. The van der Waals surface area contributed by atoms with E-state index in [0.29, 0.717) is 28.4 Å². The first-order valence-corrected chi connectivity index (χ1v) is 7.67. The molecule has 3 heterocycles. The van der Waals surface area contributed by atoms with E-state index in [0.717, 1.165) is 5.56 Å². The molecule has 0 atom stereocenters. The number of nitrogens with one attached hydrogen (secondary N) is 3. The highest BCUT2D eigenvalue weighted by atomic mass is 16.3. The van der Waals surface area contributed by atoms with E-state index in [2.05, 4.69) is 35.8 Å². The third kappa shape index (κ3) is 3.13. The van der Waals surface area contributed by atoms with Gasteiger partial charge in [-0.15, -0.1) is 0 Å². The summed E-state index contributed by atoms with van der Waals surface area (Å²) in [6.07, 6.45) is 4.95. The minimum absolute atomic E-state index is 0.119. The van der Waals surface area contributed by atoms with Crippen LogP contribution in [0.4, 0.5) is 16.3 Å². The second-order valence-electron chi connectivity index (χ2n) is 5.39. The molecule has 0 aliphatic rings. The van der Waals surface area contributed by atoms with Gasteiger partial charge in [-0.05, 0) is 36.4 Å². The largest absolute Gasteiger partial charge is 0.508 e. The number of aromatic hydroxyl groups is 1. The number of rotatable bonds is 3. The number of hydrogen-bond donors (Lipinski definition) is 4. The van der Waals surface area contributed by atoms with Gasteiger partial charge in [0.15, 0.2) is 11.3 Å². The second kappa shape index (κ2) is 6.48. The van der Waals surface area contributed by atoms with Crippen molar-refractivity contribution in [3.8, 4) is 17.0 Å². The summed E-state index contributed by atoms with van der Waals surface area (Å²) in [4.78, 5) is 25.0. The number of phenols is 1. The standard InChI is InChI=1S/C17H13N7O2/c25-12-5-3-11(4-6-12)20-17(26)22-16-14-15(23-24-16)19-9-13(21-14)10-2-1-7-18-8-10/h1-9,25H,(H3,19,20,22,23,24,26). The Kier molecular flexibility index (Phi) is 3.86. The zero-order chi connectivity index (χ0) is 17.9. The molecule has 128 valence electrons. The fraction of sp³-hybridized carbons (Fsp3) is 0. The maximum absolute atomic E-state index is 12.2. The van der Waals surface area contributed by atoms with E-state index < -0.39 is 6.03 Å². The lowest BCUT2D eigenvalue weighted by Crippen LogP contribution is -2.19. The van der Waals surface area contributed by atoms with Gasteiger partial charge < -0.3 is 10.4 Å². The lowest BCUT2D eigenvalue weighted by Gasteiger charge is -2.06. The number of pyridine rings is 1. The lowest BCUT2D eigenvalue weighted by atomic mass is 10.2. The van der Waals surface area contributed by atoms with Crippen LogP contribution in [0.15, 0.2) is 55.0 Å². The fourth-order valence-corrected chi connectivity index (χ4v) is 2.36. The van der Waals surface area contributed by atoms with Crippen LogP contribution in [-0.4, -0.2) is 36.3 Å². The van der Waals surface area contributed by atoms with E-state index in [-0.39, 0.29) is 5.75 Å². The van der Waals surface area contributed by atoms with E-state index in [1.54, 1.807) is 36.8 Å². The van der Waals surface area contributed by atoms with Crippen molar-refractivity contribution in [1.29, 1.82) is 0 Å². The van der Waals surface area contributed by atoms with Crippen molar-refractivity contribution in [1.82, 2.24) is 25.1 Å². The molecule has 9 heteroatoms. The molecule has 26 heavy (non-hydrogen) atoms. The molecule has 0 aliphatic carbocycles. The number of benzene rings is 1. The summed E-state index contributed by atoms with van der Waals surface area (Å²) in [5.74, 6) is 0.447. The Morgan fingerprint density at radius 3 is 2.69 bits per heavy atom. The van der Waals surface area contributed by atoms with Crippen LogP contribution in [-0.2, 0) is 0 Å². The molecule has 0 fully saturated rings. The number of hydrogen-bond acceptors (Lipinski definition) is 6. The summed E-state index contributed by atoms with van der Waals surface area (Å²) in [5.41, 5.74) is 2.78. The van der Waals surface area contributed by atoms with Gasteiger partial charge in [-0.1, -0.05) is 0 Å². The van der Waals surface area contributed by atoms with E-state index in [1.165, 1.54) is 12.1 Å². The van der Waals surface area contributed by atoms with Crippen molar-refractivity contribution in [3.05, 3.63) is 55.0 Å². The van der Waals surface area contributed by atoms with Crippen LogP contribution in [0.3, 0.4) is 0 Å². The molecule has 0 aliphatic heterocycles. The lowest BCUT2D eigenvalue weighted by molar-refractivity contribution is 0.262. The summed E-state index contributed by atoms with van der Waals surface area (Å²) in [5, 5.41) is 21.3. The number of amides is 2. The molecule has 0 spiro atoms. The Balaban J connectivity index is 1.58. The van der Waals surface area contributed by atoms with Gasteiger partial charge in [0, 0.05) is 23.6 Å². The van der Waals surface area contributed by atoms with Crippen LogP contribution in [0.5, 0.6) is 5.75 Å². The van der Waals surface area contributed by atoms with Crippen molar-refractivity contribution in [2.45, 2.75) is 0 Å². The fourth-order valence-electron chi connectivity index (χ4n) is 2.36. The molecule has 4 N–H and O–H groups in total. The predicted octanol–water partition coefficient (Wildman–Crippen LogP) is 2.76. The first-order chi connectivity index (χ1) is 12.7. The number of urea groups is 1. The molecule has 0 saturated carbocycles. The average molecular weight is 347 g/mol. The number of aromatic amines is 1. The minimum atomic E-state index is -0.477. The van der Waals surface area contributed by atoms with E-state index in [9.17, 15) is 9.90 Å². The molecule has 2 amide bonds. The molecular weight excluding hydrogens is 334 g/mol. The highest BCUT2D eigenvalue weighted by Crippen LogP contribution is 2.22. The van der Waals surface area contributed by atoms with Gasteiger partial charge in [-0.2, -0.15) is 5.10 Å². The number of fused-ring (bicyclic) bond motifs is 1. The van der Waals surface area contributed by atoms with Crippen LogP contribution in [0.25, 0.3) is 22.4 Å². The first-order valence-electron chi connectivity index (χ1n) is 7.67. The Morgan fingerprint density at radius 2 is 1.92 bits per heavy atom. The SMILES string of the molecule is O=C(Nc1ccc(O)cc1)Nc1[nH]nc2ncc(-c3cccnc3)nc12. The third-order valence-electron chi connectivity index (χ3n) is 3.58. The Hall–Kier alpha value is -4.01. The van der Waals surface area contributed by atoms with Gasteiger partial charge in [0.2, 0.25) is 5.65 Å². The van der Waals surface area contributed by atoms with Crippen molar-refractivity contribution < 1.29 is 9.90 Å². The van der Waals surface area contributed by atoms with Crippen LogP contribution in [0.2, 0.25) is 0 Å². The minimum Gasteiger partial charge on any atom is -0.508 e. The third-order valence-corrected chi connectivity index (χ3v) is 3.58. The molecule has 3 aromatic heterocycles. The normalized spacial score (nSPS) is 10.6. The van der Waals surface area contributed by atoms with Crippen LogP contribution < -0.4 is 10.6 Å². The molecule has 0 radical (unpaired) electrons. The number of phenolic OH excluding ortho intramolecular Hbond substituents is 1. The molecule has 4 aromatic rings. The van der Waals surface area contributed by atoms with Gasteiger partial charge >= 0.3 is 6.03 Å². The highest BCUT2D eigenvalue weighted by Gasteiger charge is 2.13. The number of H-pyrrole nitrogens is 1. The van der Waals surface area contributed by atoms with Gasteiger partial charge in [0.25, 0.3) is 0 Å². The van der Waals surface area contributed by atoms with E-state index in [4.69, 9.17) is 0 Å². The van der Waals surface area contributed by atoms with Crippen molar-refractivity contribution in [3.63, 3.8) is 0 Å². The summed E-state index contributed by atoms with van der Waals surface area (Å²) < 4.78 is 0. The molecule has 0 unspecified atom stereocenters. The smallest absolute Gasteiger partial charge is 0.324 e. The number of aromatic nitrogens is 5. The second-order valence-corrected chi connectivity index (χ2v) is 5.39. The Bertz CT molecular complexity index is 1060. The Morgan fingerprint density at radius 1 is 1.08 bits per heavy atom. The average Bonchev–Trinajstić information content (AvgIpc) is 3.06. The maximum Gasteiger partial charge on any atom is 0.324 e. The summed E-state index contributed by atoms with van der Waals surface area (Å²) >= 11 is 0. The predicted molar refractivity (Wildman–Crippen MR) is 95.7 cm³/mol. The maximum atomic E-state index is 12.2. The summed E-state index contributed by atoms with van der Waals surface area (Å²) in [6.45, 7) is 0. The monoisotopic (exact) mass is 347 g/mol. The van der Waals surface area contributed by atoms with E-state index >= 15 is 0 Å². The van der Waals surface area contributed by atoms with Crippen LogP contribution in [0.1, 0.15) is 0 Å². The van der Waals surface area contributed by atoms with Crippen molar-refractivity contribution in [2.24, 2.45) is 0 Å². The summed E-state index contributed by atoms with van der Waals surface area (Å²) in [6, 6.07) is 9.32. The summed E-state index contributed by atoms with van der Waals surface area (Å²) in [7, 11) is 0. The highest BCUT2D eigenvalue weighted by molar-refractivity contribution is 6.03. The quantitative estimate of drug-likeness (QED) is 0.422. The number of carbonyl (C=O) groups excluding carboxylic acids is 1. The van der Waals surface area contributed by atoms with Gasteiger partial charge in [-0.25, -0.2) is 14.8 Å². The number of nitrogens with zero attached hydrogens (tertiary/aromatic N) is 4. The Labute approximate surface area is 147 Å².